The molecule has 0 radical (unpaired) electrons. The summed E-state index contributed by atoms with van der Waals surface area (Å²) in [7, 11) is -3.52. The monoisotopic (exact) mass is 507 g/mol. The molecule has 0 unspecified atom stereocenters. The molecular formula is C28H33N3O4S. The van der Waals surface area contributed by atoms with Gasteiger partial charge < -0.3 is 10.6 Å². The highest BCUT2D eigenvalue weighted by Crippen LogP contribution is 2.24. The van der Waals surface area contributed by atoms with E-state index < -0.39 is 10.0 Å². The maximum absolute atomic E-state index is 12.9. The van der Waals surface area contributed by atoms with E-state index in [2.05, 4.69) is 10.6 Å². The van der Waals surface area contributed by atoms with Crippen LogP contribution in [0.15, 0.2) is 66.7 Å². The number of rotatable bonds is 10. The van der Waals surface area contributed by atoms with Crippen molar-refractivity contribution in [2.24, 2.45) is 0 Å². The molecule has 0 heterocycles. The highest BCUT2D eigenvalue weighted by Gasteiger charge is 2.19. The molecule has 36 heavy (non-hydrogen) atoms. The quantitative estimate of drug-likeness (QED) is 0.375. The second kappa shape index (κ2) is 11.9. The molecule has 2 N–H and O–H groups in total. The summed E-state index contributed by atoms with van der Waals surface area (Å²) in [5.74, 6) is -0.591. The first-order chi connectivity index (χ1) is 17.1. The lowest BCUT2D eigenvalue weighted by atomic mass is 10.1. The third-order valence-electron chi connectivity index (χ3n) is 5.96. The van der Waals surface area contributed by atoms with Gasteiger partial charge in [-0.15, -0.1) is 0 Å². The molecule has 0 saturated heterocycles. The predicted molar refractivity (Wildman–Crippen MR) is 145 cm³/mol. The molecule has 3 rings (SSSR count). The third kappa shape index (κ3) is 6.95. The largest absolute Gasteiger partial charge is 0.352 e. The summed E-state index contributed by atoms with van der Waals surface area (Å²) >= 11 is 0. The molecular weight excluding hydrogens is 474 g/mol. The molecule has 190 valence electrons. The van der Waals surface area contributed by atoms with Crippen molar-refractivity contribution in [3.05, 3.63) is 94.5 Å². The lowest BCUT2D eigenvalue weighted by Crippen LogP contribution is -2.29. The fourth-order valence-corrected chi connectivity index (χ4v) is 4.55. The fraction of sp³-hybridized carbons (Fsp3) is 0.286. The van der Waals surface area contributed by atoms with E-state index >= 15 is 0 Å². The Balaban J connectivity index is 1.75. The minimum atomic E-state index is -3.52. The van der Waals surface area contributed by atoms with Gasteiger partial charge in [0, 0.05) is 12.1 Å². The van der Waals surface area contributed by atoms with Crippen LogP contribution in [0.4, 0.5) is 11.4 Å². The van der Waals surface area contributed by atoms with Gasteiger partial charge in [0.25, 0.3) is 11.8 Å². The van der Waals surface area contributed by atoms with Gasteiger partial charge >= 0.3 is 0 Å². The van der Waals surface area contributed by atoms with Crippen LogP contribution in [-0.4, -0.2) is 33.0 Å². The minimum Gasteiger partial charge on any atom is -0.352 e. The van der Waals surface area contributed by atoms with Gasteiger partial charge in [-0.2, -0.15) is 0 Å². The standard InChI is InChI=1S/C28H33N3O4S/c1-5-6-17-29-28(33)25-9-7-8-10-26(25)30-27(32)23-14-12-22(13-15-23)19-31(36(4,34)35)24-16-11-20(2)21(3)18-24/h7-16,18H,5-6,17,19H2,1-4H3,(H,29,33)(H,30,32). The zero-order chi connectivity index (χ0) is 26.3. The van der Waals surface area contributed by atoms with Gasteiger partial charge in [0.15, 0.2) is 0 Å². The maximum Gasteiger partial charge on any atom is 0.255 e. The lowest BCUT2D eigenvalue weighted by Gasteiger charge is -2.23. The topological polar surface area (TPSA) is 95.6 Å². The van der Waals surface area contributed by atoms with Crippen LogP contribution in [0.2, 0.25) is 0 Å². The van der Waals surface area contributed by atoms with Crippen molar-refractivity contribution in [2.45, 2.75) is 40.2 Å². The Morgan fingerprint density at radius 2 is 1.58 bits per heavy atom. The average molecular weight is 508 g/mol. The third-order valence-corrected chi connectivity index (χ3v) is 7.10. The van der Waals surface area contributed by atoms with Gasteiger partial charge in [0.05, 0.1) is 29.7 Å². The zero-order valence-corrected chi connectivity index (χ0v) is 22.0. The number of carbonyl (C=O) groups is 2. The van der Waals surface area contributed by atoms with Crippen LogP contribution in [0.3, 0.4) is 0 Å². The summed E-state index contributed by atoms with van der Waals surface area (Å²) < 4.78 is 26.4. The minimum absolute atomic E-state index is 0.143. The number of unbranched alkanes of at least 4 members (excludes halogenated alkanes) is 1. The molecule has 0 saturated carbocycles. The number of nitrogens with one attached hydrogen (secondary N) is 2. The SMILES string of the molecule is CCCCNC(=O)c1ccccc1NC(=O)c1ccc(CN(c2ccc(C)c(C)c2)S(C)(=O)=O)cc1. The number of nitrogens with zero attached hydrogens (tertiary/aromatic N) is 1. The van der Waals surface area contributed by atoms with E-state index in [9.17, 15) is 18.0 Å². The summed E-state index contributed by atoms with van der Waals surface area (Å²) in [6.07, 6.45) is 3.04. The van der Waals surface area contributed by atoms with Crippen molar-refractivity contribution in [1.29, 1.82) is 0 Å². The van der Waals surface area contributed by atoms with Crippen LogP contribution in [0.5, 0.6) is 0 Å². The first kappa shape index (κ1) is 26.9. The first-order valence-electron chi connectivity index (χ1n) is 11.9. The van der Waals surface area contributed by atoms with E-state index in [1.165, 1.54) is 10.6 Å². The number of benzene rings is 3. The maximum atomic E-state index is 12.9. The molecule has 0 aliphatic heterocycles. The van der Waals surface area contributed by atoms with Gasteiger partial charge in [-0.3, -0.25) is 13.9 Å². The molecule has 3 aromatic rings. The van der Waals surface area contributed by atoms with E-state index in [-0.39, 0.29) is 18.4 Å². The Morgan fingerprint density at radius 1 is 0.889 bits per heavy atom. The van der Waals surface area contributed by atoms with Crippen molar-refractivity contribution in [2.75, 3.05) is 22.4 Å². The van der Waals surface area contributed by atoms with Crippen molar-refractivity contribution in [3.8, 4) is 0 Å². The number of aryl methyl sites for hydroxylation is 2. The second-order valence-corrected chi connectivity index (χ2v) is 10.8. The molecule has 0 spiro atoms. The van der Waals surface area contributed by atoms with Gasteiger partial charge in [0.2, 0.25) is 10.0 Å². The molecule has 7 nitrogen and oxygen atoms in total. The Labute approximate surface area is 213 Å². The van der Waals surface area contributed by atoms with Crippen LogP contribution in [-0.2, 0) is 16.6 Å². The smallest absolute Gasteiger partial charge is 0.255 e. The Bertz CT molecular complexity index is 1340. The van der Waals surface area contributed by atoms with Crippen molar-refractivity contribution >= 4 is 33.2 Å². The van der Waals surface area contributed by atoms with Gasteiger partial charge in [-0.05, 0) is 73.4 Å². The molecule has 0 aromatic heterocycles. The van der Waals surface area contributed by atoms with Crippen LogP contribution < -0.4 is 14.9 Å². The zero-order valence-electron chi connectivity index (χ0n) is 21.2. The molecule has 0 bridgehead atoms. The molecule has 8 heteroatoms. The van der Waals surface area contributed by atoms with Crippen LogP contribution in [0.25, 0.3) is 0 Å². The van der Waals surface area contributed by atoms with Gasteiger partial charge in [-0.25, -0.2) is 8.42 Å². The molecule has 0 aliphatic rings. The molecule has 0 atom stereocenters. The number of sulfonamides is 1. The van der Waals surface area contributed by atoms with E-state index in [1.807, 2.05) is 32.9 Å². The Morgan fingerprint density at radius 3 is 2.22 bits per heavy atom. The summed E-state index contributed by atoms with van der Waals surface area (Å²) in [6, 6.07) is 19.2. The van der Waals surface area contributed by atoms with Crippen molar-refractivity contribution < 1.29 is 18.0 Å². The number of hydrogen-bond donors (Lipinski definition) is 2. The van der Waals surface area contributed by atoms with E-state index in [1.54, 1.807) is 54.6 Å². The van der Waals surface area contributed by atoms with Crippen molar-refractivity contribution in [3.63, 3.8) is 0 Å². The van der Waals surface area contributed by atoms with Crippen LogP contribution in [0.1, 0.15) is 57.2 Å². The lowest BCUT2D eigenvalue weighted by molar-refractivity contribution is 0.0954. The summed E-state index contributed by atoms with van der Waals surface area (Å²) in [6.45, 7) is 6.69. The van der Waals surface area contributed by atoms with E-state index in [0.717, 1.165) is 29.5 Å². The number of carbonyl (C=O) groups excluding carboxylic acids is 2. The summed E-state index contributed by atoms with van der Waals surface area (Å²) in [5.41, 5.74) is 4.66. The number of anilines is 2. The van der Waals surface area contributed by atoms with E-state index in [4.69, 9.17) is 0 Å². The number of para-hydroxylation sites is 1. The van der Waals surface area contributed by atoms with Gasteiger partial charge in [-0.1, -0.05) is 43.7 Å². The molecule has 2 amide bonds. The van der Waals surface area contributed by atoms with E-state index in [0.29, 0.717) is 29.0 Å². The molecule has 0 aliphatic carbocycles. The summed E-state index contributed by atoms with van der Waals surface area (Å²) in [5, 5.41) is 5.68. The first-order valence-corrected chi connectivity index (χ1v) is 13.8. The number of amides is 2. The highest BCUT2D eigenvalue weighted by molar-refractivity contribution is 7.92. The second-order valence-electron chi connectivity index (χ2n) is 8.84. The Hall–Kier alpha value is -3.65. The molecule has 0 fully saturated rings. The predicted octanol–water partition coefficient (Wildman–Crippen LogP) is 5.05. The normalized spacial score (nSPS) is 11.1. The van der Waals surface area contributed by atoms with Crippen LogP contribution in [0, 0.1) is 13.8 Å². The highest BCUT2D eigenvalue weighted by atomic mass is 32.2. The fourth-order valence-electron chi connectivity index (χ4n) is 3.67. The van der Waals surface area contributed by atoms with Crippen molar-refractivity contribution in [1.82, 2.24) is 5.32 Å². The molecule has 3 aromatic carbocycles. The summed E-state index contributed by atoms with van der Waals surface area (Å²) in [4.78, 5) is 25.4. The van der Waals surface area contributed by atoms with Crippen LogP contribution >= 0.6 is 0 Å². The van der Waals surface area contributed by atoms with Gasteiger partial charge in [0.1, 0.15) is 0 Å². The average Bonchev–Trinajstić information content (AvgIpc) is 2.84. The Kier molecular flexibility index (Phi) is 8.88. The number of hydrogen-bond acceptors (Lipinski definition) is 4.